The number of fused-ring (bicyclic) bond motifs is 4. The number of carbonyl (C=O) groups is 4. The van der Waals surface area contributed by atoms with E-state index in [1.54, 1.807) is 24.5 Å². The molecule has 1 aliphatic carbocycles. The summed E-state index contributed by atoms with van der Waals surface area (Å²) >= 11 is 0. The van der Waals surface area contributed by atoms with Gasteiger partial charge in [-0.25, -0.2) is 4.98 Å². The Kier molecular flexibility index (Phi) is 11.0. The highest BCUT2D eigenvalue weighted by atomic mass is 19.4. The lowest BCUT2D eigenvalue weighted by atomic mass is 9.92. The topological polar surface area (TPSA) is 154 Å². The summed E-state index contributed by atoms with van der Waals surface area (Å²) in [5, 5.41) is 4.13. The van der Waals surface area contributed by atoms with E-state index in [4.69, 9.17) is 18.9 Å². The van der Waals surface area contributed by atoms with Gasteiger partial charge in [0.05, 0.1) is 22.7 Å². The molecular formula is C44H43F3N6O8. The van der Waals surface area contributed by atoms with Crippen molar-refractivity contribution >= 4 is 45.4 Å². The average Bonchev–Trinajstić information content (AvgIpc) is 3.63. The van der Waals surface area contributed by atoms with Crippen molar-refractivity contribution in [3.05, 3.63) is 83.8 Å². The van der Waals surface area contributed by atoms with Crippen molar-refractivity contribution in [1.82, 2.24) is 29.7 Å². The summed E-state index contributed by atoms with van der Waals surface area (Å²) in [6.07, 6.45) is 2.28. The summed E-state index contributed by atoms with van der Waals surface area (Å²) in [4.78, 5) is 61.4. The van der Waals surface area contributed by atoms with Gasteiger partial charge < -0.3 is 23.5 Å². The molecule has 2 aromatic carbocycles. The summed E-state index contributed by atoms with van der Waals surface area (Å²) in [5.41, 5.74) is 2.31. The standard InChI is InChI=1S/C44H43F3N6O8/c1-51-36-10-11-48-22-34(36)31-6-4-25(17-38(31)51)26-16-35(44(45,46)47)41(49-21-26)61-29-18-28(19-29)59-15-3-14-58-13-2-12-52-23-30(24-52)60-27-5-7-32-33(20-27)43(57)53(42(32)56)37-8-9-39(54)50-40(37)55/h4-7,10-11,16-17,20-22,28-30,37H,2-3,8-9,12-15,18-19,23-24H2,1H3,(H,50,54,55)/t28-,29-,37?. The zero-order chi connectivity index (χ0) is 42.4. The smallest absolute Gasteiger partial charge is 0.421 e. The molecule has 4 amide bonds. The van der Waals surface area contributed by atoms with Crippen LogP contribution in [0.4, 0.5) is 13.2 Å². The van der Waals surface area contributed by atoms with Crippen LogP contribution in [0.5, 0.6) is 11.6 Å². The summed E-state index contributed by atoms with van der Waals surface area (Å²) in [6, 6.07) is 12.3. The molecule has 61 heavy (non-hydrogen) atoms. The maximum Gasteiger partial charge on any atom is 0.421 e. The second-order valence-corrected chi connectivity index (χ2v) is 15.9. The second kappa shape index (κ2) is 16.5. The Morgan fingerprint density at radius 1 is 0.803 bits per heavy atom. The lowest BCUT2D eigenvalue weighted by molar-refractivity contribution is -0.141. The van der Waals surface area contributed by atoms with Crippen molar-refractivity contribution in [2.75, 3.05) is 39.5 Å². The normalized spacial score (nSPS) is 20.9. The second-order valence-electron chi connectivity index (χ2n) is 15.9. The van der Waals surface area contributed by atoms with E-state index in [1.807, 2.05) is 29.8 Å². The van der Waals surface area contributed by atoms with Crippen LogP contribution in [-0.2, 0) is 32.3 Å². The van der Waals surface area contributed by atoms with E-state index >= 15 is 0 Å². The number of imide groups is 2. The molecule has 1 atom stereocenters. The third-order valence-electron chi connectivity index (χ3n) is 11.8. The Labute approximate surface area is 347 Å². The van der Waals surface area contributed by atoms with Gasteiger partial charge in [-0.05, 0) is 61.2 Å². The molecule has 17 heteroatoms. The van der Waals surface area contributed by atoms with Gasteiger partial charge in [0.2, 0.25) is 17.7 Å². The van der Waals surface area contributed by atoms with E-state index < -0.39 is 53.4 Å². The number of aromatic nitrogens is 3. The predicted octanol–water partition coefficient (Wildman–Crippen LogP) is 5.69. The number of piperidine rings is 1. The largest absolute Gasteiger partial charge is 0.488 e. The number of rotatable bonds is 15. The number of carbonyl (C=O) groups excluding carboxylic acids is 4. The van der Waals surface area contributed by atoms with Crippen LogP contribution < -0.4 is 14.8 Å². The van der Waals surface area contributed by atoms with Crippen LogP contribution in [0.2, 0.25) is 0 Å². The van der Waals surface area contributed by atoms with E-state index in [9.17, 15) is 32.3 Å². The van der Waals surface area contributed by atoms with Crippen molar-refractivity contribution in [1.29, 1.82) is 0 Å². The van der Waals surface area contributed by atoms with E-state index in [0.29, 0.717) is 69.0 Å². The van der Waals surface area contributed by atoms with Crippen molar-refractivity contribution in [2.24, 2.45) is 7.05 Å². The molecular weight excluding hydrogens is 798 g/mol. The molecule has 14 nitrogen and oxygen atoms in total. The number of aryl methyl sites for hydroxylation is 1. The maximum absolute atomic E-state index is 14.2. The Bertz CT molecular complexity index is 2530. The molecule has 4 aliphatic rings. The van der Waals surface area contributed by atoms with Crippen molar-refractivity contribution in [2.45, 2.75) is 69.1 Å². The van der Waals surface area contributed by atoms with E-state index in [-0.39, 0.29) is 36.2 Å². The third-order valence-corrected chi connectivity index (χ3v) is 11.8. The Balaban J connectivity index is 0.652. The molecule has 1 unspecified atom stereocenters. The molecule has 9 rings (SSSR count). The molecule has 318 valence electrons. The van der Waals surface area contributed by atoms with Crippen LogP contribution >= 0.6 is 0 Å². The van der Waals surface area contributed by atoms with Crippen LogP contribution in [0, 0.1) is 0 Å². The molecule has 2 saturated heterocycles. The third kappa shape index (κ3) is 8.16. The SMILES string of the molecule is Cn1c2ccncc2c2ccc(-c3cnc(O[C@H]4C[C@H](OCCCOCCCN5CC(Oc6ccc7c(c6)C(=O)N(C6CCC(=O)NC6=O)C7=O)C5)C4)c(C(F)(F)F)c3)cc21. The molecule has 0 radical (unpaired) electrons. The lowest BCUT2D eigenvalue weighted by Crippen LogP contribution is -2.54. The first-order valence-corrected chi connectivity index (χ1v) is 20.4. The summed E-state index contributed by atoms with van der Waals surface area (Å²) in [5.74, 6) is -2.17. The molecule has 5 aromatic rings. The fourth-order valence-electron chi connectivity index (χ4n) is 8.45. The predicted molar refractivity (Wildman–Crippen MR) is 214 cm³/mol. The number of nitrogens with zero attached hydrogens (tertiary/aromatic N) is 5. The quantitative estimate of drug-likeness (QED) is 0.102. The van der Waals surface area contributed by atoms with E-state index in [0.717, 1.165) is 45.7 Å². The van der Waals surface area contributed by atoms with Crippen molar-refractivity contribution in [3.8, 4) is 22.8 Å². The minimum atomic E-state index is -4.65. The molecule has 3 fully saturated rings. The van der Waals surface area contributed by atoms with E-state index in [1.165, 1.54) is 18.3 Å². The average molecular weight is 841 g/mol. The number of alkyl halides is 3. The minimum Gasteiger partial charge on any atom is -0.488 e. The van der Waals surface area contributed by atoms with Gasteiger partial charge in [-0.15, -0.1) is 0 Å². The highest BCUT2D eigenvalue weighted by Gasteiger charge is 2.45. The first-order valence-electron chi connectivity index (χ1n) is 20.4. The van der Waals surface area contributed by atoms with Crippen LogP contribution in [0.1, 0.15) is 64.8 Å². The van der Waals surface area contributed by atoms with Gasteiger partial charge in [0.15, 0.2) is 0 Å². The Morgan fingerprint density at radius 3 is 2.41 bits per heavy atom. The number of likely N-dealkylation sites (tertiary alicyclic amines) is 1. The first kappa shape index (κ1) is 40.5. The highest BCUT2D eigenvalue weighted by molar-refractivity contribution is 6.23. The fraction of sp³-hybridized carbons (Fsp3) is 0.409. The number of hydrogen-bond donors (Lipinski definition) is 1. The van der Waals surface area contributed by atoms with Crippen LogP contribution in [0.15, 0.2) is 67.1 Å². The van der Waals surface area contributed by atoms with E-state index in [2.05, 4.69) is 20.2 Å². The van der Waals surface area contributed by atoms with Crippen molar-refractivity contribution in [3.63, 3.8) is 0 Å². The van der Waals surface area contributed by atoms with Crippen molar-refractivity contribution < 1.29 is 51.3 Å². The molecule has 0 bridgehead atoms. The fourth-order valence-corrected chi connectivity index (χ4v) is 8.45. The summed E-state index contributed by atoms with van der Waals surface area (Å²) < 4.78 is 68.2. The van der Waals surface area contributed by atoms with Gasteiger partial charge in [0, 0.05) is 106 Å². The van der Waals surface area contributed by atoms with Crippen LogP contribution in [-0.4, -0.2) is 112 Å². The number of hydrogen-bond acceptors (Lipinski definition) is 11. The molecule has 0 spiro atoms. The van der Waals surface area contributed by atoms with Crippen LogP contribution in [0.25, 0.3) is 32.9 Å². The molecule has 6 heterocycles. The van der Waals surface area contributed by atoms with Gasteiger partial charge in [0.1, 0.15) is 29.6 Å². The Morgan fingerprint density at radius 2 is 1.61 bits per heavy atom. The first-order chi connectivity index (χ1) is 29.4. The monoisotopic (exact) mass is 840 g/mol. The zero-order valence-corrected chi connectivity index (χ0v) is 33.3. The van der Waals surface area contributed by atoms with Gasteiger partial charge >= 0.3 is 6.18 Å². The Hall–Kier alpha value is -5.91. The van der Waals surface area contributed by atoms with Crippen LogP contribution in [0.3, 0.4) is 0 Å². The van der Waals surface area contributed by atoms with Gasteiger partial charge in [-0.1, -0.05) is 12.1 Å². The molecule has 1 saturated carbocycles. The number of ether oxygens (including phenoxy) is 4. The molecule has 1 N–H and O–H groups in total. The van der Waals surface area contributed by atoms with Gasteiger partial charge in [-0.3, -0.25) is 39.3 Å². The number of amides is 4. The van der Waals surface area contributed by atoms with Gasteiger partial charge in [-0.2, -0.15) is 13.2 Å². The molecule has 3 aromatic heterocycles. The molecule has 3 aliphatic heterocycles. The number of benzene rings is 2. The number of nitrogens with one attached hydrogen (secondary N) is 1. The number of pyridine rings is 2. The highest BCUT2D eigenvalue weighted by Crippen LogP contribution is 2.40. The zero-order valence-electron chi connectivity index (χ0n) is 33.3. The lowest BCUT2D eigenvalue weighted by Gasteiger charge is -2.39. The maximum atomic E-state index is 14.2. The van der Waals surface area contributed by atoms with Gasteiger partial charge in [0.25, 0.3) is 11.8 Å². The summed E-state index contributed by atoms with van der Waals surface area (Å²) in [7, 11) is 1.92. The summed E-state index contributed by atoms with van der Waals surface area (Å²) in [6.45, 7) is 3.80. The minimum absolute atomic E-state index is 0.0571. The number of halogens is 3.